The van der Waals surface area contributed by atoms with Crippen LogP contribution in [0.25, 0.3) is 0 Å². The molecule has 0 aromatic rings. The van der Waals surface area contributed by atoms with Gasteiger partial charge in [0.05, 0.1) is 39.6 Å². The third kappa shape index (κ3) is 52.9. The largest absolute Gasteiger partial charge is 0.332 e. The molecule has 0 aromatic heterocycles. The van der Waals surface area contributed by atoms with E-state index in [1.807, 2.05) is 47.6 Å². The maximum atomic E-state index is 8.49. The van der Waals surface area contributed by atoms with Crippen LogP contribution in [0.2, 0.25) is 4.89 Å². The molecule has 10 nitrogen and oxygen atoms in total. The third-order valence-electron chi connectivity index (χ3n) is 1.50. The van der Waals surface area contributed by atoms with Gasteiger partial charge in [0.1, 0.15) is 0 Å². The summed E-state index contributed by atoms with van der Waals surface area (Å²) in [5, 5.41) is 0. The number of rotatable bonds is 13. The summed E-state index contributed by atoms with van der Waals surface area (Å²) >= 11 is 2.92. The van der Waals surface area contributed by atoms with Crippen LogP contribution >= 0.6 is 17.2 Å². The van der Waals surface area contributed by atoms with Crippen molar-refractivity contribution in [2.75, 3.05) is 39.6 Å². The maximum absolute atomic E-state index is 8.49. The first kappa shape index (κ1) is 37.5. The Morgan fingerprint density at radius 2 is 0.793 bits per heavy atom. The summed E-state index contributed by atoms with van der Waals surface area (Å²) in [5.41, 5.74) is 0. The fourth-order valence-electron chi connectivity index (χ4n) is 0.856. The molecule has 0 spiro atoms. The van der Waals surface area contributed by atoms with Gasteiger partial charge in [0.25, 0.3) is 0 Å². The first-order valence-corrected chi connectivity index (χ1v) is 13.3. The fourth-order valence-corrected chi connectivity index (χ4v) is 2.57. The molecule has 0 amide bonds. The van der Waals surface area contributed by atoms with E-state index in [4.69, 9.17) is 45.8 Å². The second-order valence-electron chi connectivity index (χ2n) is 3.75. The van der Waals surface area contributed by atoms with E-state index in [-0.39, 0.29) is 0 Å². The molecular weight excluding hydrogens is 544 g/mol. The Morgan fingerprint density at radius 1 is 0.655 bits per heavy atom. The van der Waals surface area contributed by atoms with Crippen LogP contribution in [-0.4, -0.2) is 39.6 Å². The van der Waals surface area contributed by atoms with E-state index in [1.165, 1.54) is 0 Å². The minimum Gasteiger partial charge on any atom is -0.313 e. The first-order chi connectivity index (χ1) is 13.6. The molecule has 0 saturated heterocycles. The topological polar surface area (TPSA) is 148 Å². The summed E-state index contributed by atoms with van der Waals surface area (Å²) < 4.78 is 64.8. The van der Waals surface area contributed by atoms with Crippen LogP contribution in [0.15, 0.2) is 12.7 Å². The number of hydrogen-bond donors (Lipinski definition) is 0. The van der Waals surface area contributed by atoms with Crippen LogP contribution in [0.4, 0.5) is 0 Å². The van der Waals surface area contributed by atoms with E-state index in [0.717, 1.165) is 4.89 Å². The molecule has 0 N–H and O–H groups in total. The van der Waals surface area contributed by atoms with Crippen molar-refractivity contribution < 1.29 is 75.2 Å². The third-order valence-corrected chi connectivity index (χ3v) is 4.76. The van der Waals surface area contributed by atoms with Crippen molar-refractivity contribution in [3.05, 3.63) is 12.7 Å². The summed E-state index contributed by atoms with van der Waals surface area (Å²) in [5.74, 6) is 0. The summed E-state index contributed by atoms with van der Waals surface area (Å²) in [6, 6.07) is 0. The second-order valence-corrected chi connectivity index (χ2v) is 7.58. The standard InChI is InChI=1S/2C6H15O3P.C3H5.ClHO4.Pd/c2*1-4-7-10(8-5-2)9-6-3;1-3-2;2-1(3,4)5;/h2*4-6H2,1-3H3;3H,1-2H2;(H,2,3,4,5);/q;;;;+1/p-1. The molecule has 14 heteroatoms. The Morgan fingerprint density at radius 3 is 0.862 bits per heavy atom. The van der Waals surface area contributed by atoms with Crippen molar-refractivity contribution in [2.24, 2.45) is 0 Å². The van der Waals surface area contributed by atoms with E-state index in [1.54, 1.807) is 0 Å². The van der Waals surface area contributed by atoms with Gasteiger partial charge in [-0.3, -0.25) is 0 Å². The first-order valence-electron chi connectivity index (χ1n) is 8.73. The van der Waals surface area contributed by atoms with E-state index in [9.17, 15) is 0 Å². The normalized spacial score (nSPS) is 10.4. The number of allylic oxidation sites excluding steroid dienone is 1. The molecule has 29 heavy (non-hydrogen) atoms. The van der Waals surface area contributed by atoms with Crippen LogP contribution in [-0.2, 0) is 46.3 Å². The zero-order valence-corrected chi connectivity index (χ0v) is 22.0. The van der Waals surface area contributed by atoms with Crippen LogP contribution < -0.4 is 18.6 Å². The zero-order chi connectivity index (χ0) is 23.6. The molecule has 0 radical (unpaired) electrons. The number of hydrogen-bond acceptors (Lipinski definition) is 10. The molecule has 0 heterocycles. The van der Waals surface area contributed by atoms with Crippen molar-refractivity contribution in [3.8, 4) is 0 Å². The minimum absolute atomic E-state index is 0.645. The summed E-state index contributed by atoms with van der Waals surface area (Å²) in [7, 11) is -7.07. The quantitative estimate of drug-likeness (QED) is 0.176. The molecule has 0 aliphatic carbocycles. The van der Waals surface area contributed by atoms with Gasteiger partial charge in [0.2, 0.25) is 0 Å². The molecule has 0 aliphatic rings. The van der Waals surface area contributed by atoms with Gasteiger partial charge in [-0.25, -0.2) is 18.6 Å². The van der Waals surface area contributed by atoms with Gasteiger partial charge in [-0.05, 0) is 41.5 Å². The zero-order valence-electron chi connectivity index (χ0n) is 17.9. The van der Waals surface area contributed by atoms with Gasteiger partial charge in [-0.15, -0.1) is 10.2 Å². The van der Waals surface area contributed by atoms with Crippen molar-refractivity contribution in [3.63, 3.8) is 0 Å². The van der Waals surface area contributed by atoms with Gasteiger partial charge < -0.3 is 27.1 Å². The van der Waals surface area contributed by atoms with E-state index < -0.39 is 27.4 Å². The Labute approximate surface area is 191 Å². The minimum atomic E-state index is -4.94. The van der Waals surface area contributed by atoms with E-state index in [2.05, 4.69) is 25.8 Å². The van der Waals surface area contributed by atoms with E-state index >= 15 is 0 Å². The predicted molar refractivity (Wildman–Crippen MR) is 98.6 cm³/mol. The molecule has 0 fully saturated rings. The second kappa shape index (κ2) is 31.3. The molecule has 182 valence electrons. The SMILES string of the molecule is C=C[CH2][Pd+].CCOP(OCC)OCC.CCOP(OCC)OCC.[O-][Cl+3]([O-])([O-])[O-]. The molecular formula is C15H35ClO10P2Pd. The summed E-state index contributed by atoms with van der Waals surface area (Å²) in [6.45, 7) is 18.9. The number of halogens is 1. The molecule has 0 rings (SSSR count). The van der Waals surface area contributed by atoms with Crippen molar-refractivity contribution in [1.29, 1.82) is 0 Å². The van der Waals surface area contributed by atoms with Crippen LogP contribution in [0.5, 0.6) is 0 Å². The van der Waals surface area contributed by atoms with Gasteiger partial charge in [-0.1, -0.05) is 0 Å². The van der Waals surface area contributed by atoms with Gasteiger partial charge in [0, 0.05) is 0 Å². The van der Waals surface area contributed by atoms with Gasteiger partial charge in [-0.2, -0.15) is 0 Å². The Bertz CT molecular complexity index is 252. The average Bonchev–Trinajstić information content (AvgIpc) is 2.62. The van der Waals surface area contributed by atoms with Crippen LogP contribution in [0.3, 0.4) is 0 Å². The Balaban J connectivity index is -0.000000154. The molecule has 0 unspecified atom stereocenters. The van der Waals surface area contributed by atoms with Crippen molar-refractivity contribution >= 4 is 17.2 Å². The summed E-state index contributed by atoms with van der Waals surface area (Å²) in [6.07, 6.45) is 1.81. The molecule has 0 bridgehead atoms. The van der Waals surface area contributed by atoms with Gasteiger partial charge in [0.15, 0.2) is 0 Å². The summed E-state index contributed by atoms with van der Waals surface area (Å²) in [4.78, 5) is 0.933. The smallest absolute Gasteiger partial charge is 0.313 e. The maximum Gasteiger partial charge on any atom is 0.332 e. The Hall–Kier alpha value is 1.15. The predicted octanol–water partition coefficient (Wildman–Crippen LogP) is 1.03. The van der Waals surface area contributed by atoms with Gasteiger partial charge >= 0.3 is 54.0 Å². The average molecular weight is 579 g/mol. The molecule has 0 aromatic carbocycles. The monoisotopic (exact) mass is 578 g/mol. The van der Waals surface area contributed by atoms with Crippen LogP contribution in [0.1, 0.15) is 41.5 Å². The van der Waals surface area contributed by atoms with E-state index in [0.29, 0.717) is 39.6 Å². The molecule has 0 atom stereocenters. The Kier molecular flexibility index (Phi) is 40.5. The van der Waals surface area contributed by atoms with Crippen molar-refractivity contribution in [1.82, 2.24) is 0 Å². The van der Waals surface area contributed by atoms with Crippen LogP contribution in [0, 0.1) is 10.2 Å². The fraction of sp³-hybridized carbons (Fsp3) is 0.867. The molecule has 0 saturated carbocycles. The molecule has 0 aliphatic heterocycles. The van der Waals surface area contributed by atoms with Crippen molar-refractivity contribution in [2.45, 2.75) is 46.4 Å².